The molecule has 2 aliphatic rings. The van der Waals surface area contributed by atoms with Crippen molar-refractivity contribution in [3.05, 3.63) is 62.8 Å². The highest BCUT2D eigenvalue weighted by atomic mass is 19.1. The van der Waals surface area contributed by atoms with Crippen molar-refractivity contribution in [2.45, 2.75) is 58.2 Å². The van der Waals surface area contributed by atoms with Gasteiger partial charge in [-0.3, -0.25) is 14.4 Å². The van der Waals surface area contributed by atoms with Crippen LogP contribution in [0, 0.1) is 17.5 Å². The van der Waals surface area contributed by atoms with Crippen molar-refractivity contribution >= 4 is 11.8 Å². The van der Waals surface area contributed by atoms with Crippen molar-refractivity contribution in [3.63, 3.8) is 0 Å². The van der Waals surface area contributed by atoms with E-state index in [2.05, 4.69) is 5.32 Å². The number of hydrogen-bond acceptors (Lipinski definition) is 5. The molecule has 0 radical (unpaired) electrons. The molecule has 2 aromatic rings. The lowest BCUT2D eigenvalue weighted by Crippen LogP contribution is -2.53. The number of amides is 2. The number of benzene rings is 1. The Labute approximate surface area is 186 Å². The summed E-state index contributed by atoms with van der Waals surface area (Å²) in [4.78, 5) is 39.8. The first-order valence-electron chi connectivity index (χ1n) is 10.4. The van der Waals surface area contributed by atoms with Gasteiger partial charge in [-0.05, 0) is 26.7 Å². The van der Waals surface area contributed by atoms with Gasteiger partial charge in [-0.2, -0.15) is 0 Å². The number of rotatable bonds is 3. The molecule has 3 atom stereocenters. The van der Waals surface area contributed by atoms with E-state index < -0.39 is 64.3 Å². The summed E-state index contributed by atoms with van der Waals surface area (Å²) in [6.45, 7) is 3.15. The van der Waals surface area contributed by atoms with Crippen LogP contribution >= 0.6 is 0 Å². The quantitative estimate of drug-likeness (QED) is 0.725. The Hall–Kier alpha value is -3.34. The maximum Gasteiger partial charge on any atom is 0.276 e. The maximum atomic E-state index is 13.8. The fourth-order valence-corrected chi connectivity index (χ4v) is 4.24. The molecule has 4 rings (SSSR count). The van der Waals surface area contributed by atoms with E-state index in [-0.39, 0.29) is 24.4 Å². The lowest BCUT2D eigenvalue weighted by molar-refractivity contribution is -0.0875. The number of nitrogens with zero attached hydrogens (tertiary/aromatic N) is 2. The van der Waals surface area contributed by atoms with Gasteiger partial charge in [0.2, 0.25) is 5.43 Å². The summed E-state index contributed by atoms with van der Waals surface area (Å²) in [7, 11) is 0. The van der Waals surface area contributed by atoms with Crippen LogP contribution in [-0.4, -0.2) is 44.8 Å². The molecule has 1 unspecified atom stereocenters. The van der Waals surface area contributed by atoms with E-state index in [1.807, 2.05) is 13.8 Å². The van der Waals surface area contributed by atoms with Crippen LogP contribution < -0.4 is 10.7 Å². The second-order valence-electron chi connectivity index (χ2n) is 8.29. The van der Waals surface area contributed by atoms with Crippen LogP contribution in [0.1, 0.15) is 53.1 Å². The number of aromatic hydroxyl groups is 1. The van der Waals surface area contributed by atoms with E-state index >= 15 is 0 Å². The Morgan fingerprint density at radius 2 is 1.85 bits per heavy atom. The third kappa shape index (κ3) is 4.08. The number of carbonyl (C=O) groups excluding carboxylic acids is 2. The van der Waals surface area contributed by atoms with Crippen molar-refractivity contribution in [1.82, 2.24) is 14.8 Å². The van der Waals surface area contributed by atoms with E-state index in [4.69, 9.17) is 4.74 Å². The van der Waals surface area contributed by atoms with Gasteiger partial charge >= 0.3 is 0 Å². The molecule has 2 aliphatic heterocycles. The molecule has 0 bridgehead atoms. The molecule has 2 N–H and O–H groups in total. The van der Waals surface area contributed by atoms with E-state index in [1.54, 1.807) is 0 Å². The molecule has 33 heavy (non-hydrogen) atoms. The van der Waals surface area contributed by atoms with Crippen molar-refractivity contribution < 1.29 is 32.6 Å². The predicted molar refractivity (Wildman–Crippen MR) is 109 cm³/mol. The van der Waals surface area contributed by atoms with Gasteiger partial charge in [-0.1, -0.05) is 0 Å². The van der Waals surface area contributed by atoms with Gasteiger partial charge in [0.1, 0.15) is 23.0 Å². The first-order chi connectivity index (χ1) is 15.6. The van der Waals surface area contributed by atoms with Crippen molar-refractivity contribution in [1.29, 1.82) is 0 Å². The molecule has 3 heterocycles. The Kier molecular flexibility index (Phi) is 5.91. The third-order valence-corrected chi connectivity index (χ3v) is 5.99. The summed E-state index contributed by atoms with van der Waals surface area (Å²) in [5.74, 6) is -6.01. The smallest absolute Gasteiger partial charge is 0.276 e. The van der Waals surface area contributed by atoms with Crippen LogP contribution in [0.25, 0.3) is 0 Å². The minimum absolute atomic E-state index is 0.0745. The lowest BCUT2D eigenvalue weighted by Gasteiger charge is -2.39. The molecular weight excluding hydrogens is 443 g/mol. The summed E-state index contributed by atoms with van der Waals surface area (Å²) in [5, 5.41) is 12.7. The topological polar surface area (TPSA) is 101 Å². The van der Waals surface area contributed by atoms with Gasteiger partial charge in [0, 0.05) is 36.5 Å². The number of hydrogen-bond donors (Lipinski definition) is 2. The Morgan fingerprint density at radius 3 is 2.52 bits per heavy atom. The molecule has 2 amide bonds. The summed E-state index contributed by atoms with van der Waals surface area (Å²) >= 11 is 0. The molecule has 0 saturated carbocycles. The molecule has 0 spiro atoms. The fraction of sp³-hybridized carbons (Fsp3) is 0.409. The second kappa shape index (κ2) is 8.54. The van der Waals surface area contributed by atoms with Gasteiger partial charge < -0.3 is 24.6 Å². The predicted octanol–water partition coefficient (Wildman–Crippen LogP) is 2.27. The molecule has 1 aromatic carbocycles. The summed E-state index contributed by atoms with van der Waals surface area (Å²) in [6.07, 6.45) is 1.76. The largest absolute Gasteiger partial charge is 0.503 e. The zero-order valence-corrected chi connectivity index (χ0v) is 17.9. The van der Waals surface area contributed by atoms with Gasteiger partial charge in [0.15, 0.2) is 17.7 Å². The van der Waals surface area contributed by atoms with Crippen molar-refractivity contribution in [2.75, 3.05) is 0 Å². The second-order valence-corrected chi connectivity index (χ2v) is 8.29. The van der Waals surface area contributed by atoms with Crippen LogP contribution in [0.3, 0.4) is 0 Å². The SMILES string of the molecule is C[C@@H]1CC[C@H](C)OC2Cn3cc(C(=O)NCc4c(F)cc(F)cc4F)c(=O)c(O)c3C(=O)N21. The molecule has 11 heteroatoms. The first kappa shape index (κ1) is 22.8. The highest BCUT2D eigenvalue weighted by Gasteiger charge is 2.41. The minimum Gasteiger partial charge on any atom is -0.503 e. The van der Waals surface area contributed by atoms with Crippen LogP contribution in [0.5, 0.6) is 5.75 Å². The number of fused-ring (bicyclic) bond motifs is 2. The highest BCUT2D eigenvalue weighted by Crippen LogP contribution is 2.30. The monoisotopic (exact) mass is 465 g/mol. The van der Waals surface area contributed by atoms with E-state index in [1.165, 1.54) is 9.47 Å². The Bertz CT molecular complexity index is 1180. The average molecular weight is 465 g/mol. The third-order valence-electron chi connectivity index (χ3n) is 5.99. The number of aromatic nitrogens is 1. The highest BCUT2D eigenvalue weighted by molar-refractivity contribution is 5.99. The standard InChI is InChI=1S/C22H22F3N3O5/c1-10-3-4-11(2)33-17-9-27-8-14(19(29)20(30)18(27)22(32)28(10)17)21(31)26-7-13-15(24)5-12(23)6-16(13)25/h5-6,8,10-11,17,30H,3-4,7,9H2,1-2H3,(H,26,31)/t10-,11+,17?/m1/s1. The zero-order valence-electron chi connectivity index (χ0n) is 17.9. The van der Waals surface area contributed by atoms with Gasteiger partial charge in [0.05, 0.1) is 12.6 Å². The zero-order chi connectivity index (χ0) is 24.0. The lowest BCUT2D eigenvalue weighted by atomic mass is 10.1. The number of ether oxygens (including phenoxy) is 1. The molecule has 0 aliphatic carbocycles. The van der Waals surface area contributed by atoms with Crippen LogP contribution in [-0.2, 0) is 17.8 Å². The van der Waals surface area contributed by atoms with Crippen LogP contribution in [0.2, 0.25) is 0 Å². The number of carbonyl (C=O) groups is 2. The average Bonchev–Trinajstić information content (AvgIpc) is 2.87. The minimum atomic E-state index is -1.20. The molecule has 1 saturated heterocycles. The Morgan fingerprint density at radius 1 is 1.18 bits per heavy atom. The molecule has 8 nitrogen and oxygen atoms in total. The van der Waals surface area contributed by atoms with Crippen LogP contribution in [0.15, 0.2) is 23.1 Å². The number of nitrogens with one attached hydrogen (secondary N) is 1. The normalized spacial score (nSPS) is 22.4. The Balaban J connectivity index is 1.65. The van der Waals surface area contributed by atoms with Gasteiger partial charge in [-0.15, -0.1) is 0 Å². The van der Waals surface area contributed by atoms with Crippen LogP contribution in [0.4, 0.5) is 13.2 Å². The van der Waals surface area contributed by atoms with E-state index in [0.717, 1.165) is 12.6 Å². The molecule has 1 aromatic heterocycles. The molecular formula is C22H22F3N3O5. The summed E-state index contributed by atoms with van der Waals surface area (Å²) < 4.78 is 48.0. The molecule has 176 valence electrons. The van der Waals surface area contributed by atoms with E-state index in [9.17, 15) is 32.7 Å². The summed E-state index contributed by atoms with van der Waals surface area (Å²) in [5.41, 5.74) is -2.46. The maximum absolute atomic E-state index is 13.8. The number of halogens is 3. The van der Waals surface area contributed by atoms with E-state index in [0.29, 0.717) is 18.6 Å². The summed E-state index contributed by atoms with van der Waals surface area (Å²) in [6, 6.07) is 0.756. The van der Waals surface area contributed by atoms with Gasteiger partial charge in [-0.25, -0.2) is 13.2 Å². The van der Waals surface area contributed by atoms with Crippen molar-refractivity contribution in [2.24, 2.45) is 0 Å². The van der Waals surface area contributed by atoms with Gasteiger partial charge in [0.25, 0.3) is 11.8 Å². The van der Waals surface area contributed by atoms with Crippen molar-refractivity contribution in [3.8, 4) is 5.75 Å². The fourth-order valence-electron chi connectivity index (χ4n) is 4.24. The number of pyridine rings is 1. The first-order valence-corrected chi connectivity index (χ1v) is 10.4. The molecule has 1 fully saturated rings.